The fourth-order valence-corrected chi connectivity index (χ4v) is 1.75. The molecule has 3 unspecified atom stereocenters. The van der Waals surface area contributed by atoms with Crippen LogP contribution in [0.1, 0.15) is 58.9 Å². The minimum absolute atomic E-state index is 0.191. The van der Waals surface area contributed by atoms with Crippen molar-refractivity contribution < 1.29 is 9.47 Å². The van der Waals surface area contributed by atoms with E-state index in [1.807, 2.05) is 19.1 Å². The molecule has 1 rings (SSSR count). The van der Waals surface area contributed by atoms with Crippen LogP contribution in [0.25, 0.3) is 0 Å². The predicted octanol–water partition coefficient (Wildman–Crippen LogP) is 4.99. The van der Waals surface area contributed by atoms with Gasteiger partial charge in [-0.05, 0) is 42.9 Å². The number of hydrogen-bond donors (Lipinski definition) is 0. The first kappa shape index (κ1) is 16.0. The van der Waals surface area contributed by atoms with Crippen LogP contribution in [-0.2, 0) is 4.74 Å². The summed E-state index contributed by atoms with van der Waals surface area (Å²) in [6.45, 7) is 11.5. The molecule has 0 spiro atoms. The van der Waals surface area contributed by atoms with Crippen LogP contribution in [0, 0.1) is 5.92 Å². The van der Waals surface area contributed by atoms with E-state index >= 15 is 0 Å². The average molecular weight is 264 g/mol. The molecule has 0 radical (unpaired) electrons. The topological polar surface area (TPSA) is 18.5 Å². The summed E-state index contributed by atoms with van der Waals surface area (Å²) in [5.74, 6) is 2.07. The van der Waals surface area contributed by atoms with Crippen molar-refractivity contribution in [2.75, 3.05) is 6.61 Å². The molecule has 1 aromatic carbocycles. The van der Waals surface area contributed by atoms with Crippen LogP contribution in [0.4, 0.5) is 0 Å². The van der Waals surface area contributed by atoms with Gasteiger partial charge >= 0.3 is 0 Å². The van der Waals surface area contributed by atoms with Crippen molar-refractivity contribution in [1.82, 2.24) is 0 Å². The summed E-state index contributed by atoms with van der Waals surface area (Å²) in [5, 5.41) is 0. The van der Waals surface area contributed by atoms with Gasteiger partial charge in [-0.2, -0.15) is 0 Å². The highest BCUT2D eigenvalue weighted by Crippen LogP contribution is 2.22. The van der Waals surface area contributed by atoms with Gasteiger partial charge < -0.3 is 9.47 Å². The summed E-state index contributed by atoms with van der Waals surface area (Å²) in [7, 11) is 0. The third-order valence-corrected chi connectivity index (χ3v) is 3.68. The van der Waals surface area contributed by atoms with E-state index in [9.17, 15) is 0 Å². The molecule has 0 aliphatic carbocycles. The van der Waals surface area contributed by atoms with Crippen molar-refractivity contribution in [1.29, 1.82) is 0 Å². The van der Waals surface area contributed by atoms with Gasteiger partial charge in [-0.3, -0.25) is 0 Å². The highest BCUT2D eigenvalue weighted by Gasteiger charge is 2.08. The molecule has 0 heterocycles. The van der Waals surface area contributed by atoms with Crippen LogP contribution in [0.2, 0.25) is 0 Å². The quantitative estimate of drug-likeness (QED) is 0.616. The summed E-state index contributed by atoms with van der Waals surface area (Å²) in [4.78, 5) is 0. The number of benzene rings is 1. The molecule has 0 aliphatic rings. The Morgan fingerprint density at radius 2 is 1.58 bits per heavy atom. The lowest BCUT2D eigenvalue weighted by molar-refractivity contribution is -0.0774. The summed E-state index contributed by atoms with van der Waals surface area (Å²) in [5.41, 5.74) is 1.36. The largest absolute Gasteiger partial charge is 0.465 e. The van der Waals surface area contributed by atoms with Crippen molar-refractivity contribution in [3.63, 3.8) is 0 Å². The van der Waals surface area contributed by atoms with Gasteiger partial charge in [0, 0.05) is 0 Å². The fraction of sp³-hybridized carbons (Fsp3) is 0.647. The Labute approximate surface area is 118 Å². The summed E-state index contributed by atoms with van der Waals surface area (Å²) >= 11 is 0. The zero-order chi connectivity index (χ0) is 14.3. The number of hydrogen-bond acceptors (Lipinski definition) is 2. The summed E-state index contributed by atoms with van der Waals surface area (Å²) in [6.07, 6.45) is 2.11. The SMILES string of the molecule is CCC(C)COC(C)Oc1ccc(C(C)CC)cc1. The van der Waals surface area contributed by atoms with E-state index in [4.69, 9.17) is 9.47 Å². The maximum absolute atomic E-state index is 5.76. The third-order valence-electron chi connectivity index (χ3n) is 3.68. The molecule has 0 saturated carbocycles. The lowest BCUT2D eigenvalue weighted by Gasteiger charge is -2.18. The average Bonchev–Trinajstić information content (AvgIpc) is 2.44. The predicted molar refractivity (Wildman–Crippen MR) is 80.6 cm³/mol. The van der Waals surface area contributed by atoms with Gasteiger partial charge in [-0.1, -0.05) is 46.2 Å². The second kappa shape index (κ2) is 8.21. The van der Waals surface area contributed by atoms with E-state index in [1.54, 1.807) is 0 Å². The minimum Gasteiger partial charge on any atom is -0.465 e. The molecular weight excluding hydrogens is 236 g/mol. The maximum atomic E-state index is 5.76. The molecule has 1 aromatic rings. The van der Waals surface area contributed by atoms with Crippen LogP contribution < -0.4 is 4.74 Å². The van der Waals surface area contributed by atoms with Crippen LogP contribution in [0.3, 0.4) is 0 Å². The Morgan fingerprint density at radius 1 is 0.947 bits per heavy atom. The monoisotopic (exact) mass is 264 g/mol. The summed E-state index contributed by atoms with van der Waals surface area (Å²) < 4.78 is 11.4. The molecule has 0 amide bonds. The molecule has 0 N–H and O–H groups in total. The Balaban J connectivity index is 2.44. The second-order valence-electron chi connectivity index (χ2n) is 5.41. The molecule has 3 atom stereocenters. The van der Waals surface area contributed by atoms with Crippen LogP contribution in [0.5, 0.6) is 5.75 Å². The van der Waals surface area contributed by atoms with E-state index in [0.29, 0.717) is 11.8 Å². The first-order valence-electron chi connectivity index (χ1n) is 7.45. The van der Waals surface area contributed by atoms with Crippen molar-refractivity contribution in [3.8, 4) is 5.75 Å². The van der Waals surface area contributed by atoms with Crippen molar-refractivity contribution in [3.05, 3.63) is 29.8 Å². The number of rotatable bonds is 8. The molecule has 0 aromatic heterocycles. The Morgan fingerprint density at radius 3 is 2.11 bits per heavy atom. The van der Waals surface area contributed by atoms with Gasteiger partial charge in [0.2, 0.25) is 0 Å². The smallest absolute Gasteiger partial charge is 0.196 e. The molecule has 0 saturated heterocycles. The molecule has 108 valence electrons. The molecule has 2 heteroatoms. The highest BCUT2D eigenvalue weighted by molar-refractivity contribution is 5.29. The first-order chi connectivity index (χ1) is 9.06. The maximum Gasteiger partial charge on any atom is 0.196 e. The molecule has 0 bridgehead atoms. The molecule has 2 nitrogen and oxygen atoms in total. The standard InChI is InChI=1S/C17H28O2/c1-6-13(3)12-18-15(5)19-17-10-8-16(9-11-17)14(4)7-2/h8-11,13-15H,6-7,12H2,1-5H3. The molecule has 19 heavy (non-hydrogen) atoms. The van der Waals surface area contributed by atoms with Gasteiger partial charge in [-0.25, -0.2) is 0 Å². The van der Waals surface area contributed by atoms with Crippen molar-refractivity contribution >= 4 is 0 Å². The number of ether oxygens (including phenoxy) is 2. The Kier molecular flexibility index (Phi) is 6.93. The van der Waals surface area contributed by atoms with Crippen molar-refractivity contribution in [2.45, 2.75) is 59.7 Å². The van der Waals surface area contributed by atoms with E-state index in [2.05, 4.69) is 39.8 Å². The van der Waals surface area contributed by atoms with E-state index in [1.165, 1.54) is 5.56 Å². The molecule has 0 aliphatic heterocycles. The van der Waals surface area contributed by atoms with E-state index in [-0.39, 0.29) is 6.29 Å². The summed E-state index contributed by atoms with van der Waals surface area (Å²) in [6, 6.07) is 8.35. The van der Waals surface area contributed by atoms with Gasteiger partial charge in [0.05, 0.1) is 6.61 Å². The molecular formula is C17H28O2. The Hall–Kier alpha value is -1.02. The normalized spacial score (nSPS) is 15.8. The van der Waals surface area contributed by atoms with Crippen LogP contribution >= 0.6 is 0 Å². The minimum atomic E-state index is -0.191. The lowest BCUT2D eigenvalue weighted by Crippen LogP contribution is -2.19. The van der Waals surface area contributed by atoms with Crippen LogP contribution in [0.15, 0.2) is 24.3 Å². The Bertz CT molecular complexity index is 345. The highest BCUT2D eigenvalue weighted by atomic mass is 16.7. The zero-order valence-electron chi connectivity index (χ0n) is 13.0. The van der Waals surface area contributed by atoms with Gasteiger partial charge in [-0.15, -0.1) is 0 Å². The fourth-order valence-electron chi connectivity index (χ4n) is 1.75. The van der Waals surface area contributed by atoms with E-state index < -0.39 is 0 Å². The van der Waals surface area contributed by atoms with Crippen molar-refractivity contribution in [2.24, 2.45) is 5.92 Å². The van der Waals surface area contributed by atoms with E-state index in [0.717, 1.165) is 25.2 Å². The molecule has 0 fully saturated rings. The second-order valence-corrected chi connectivity index (χ2v) is 5.41. The third kappa shape index (κ3) is 5.65. The van der Waals surface area contributed by atoms with Gasteiger partial charge in [0.25, 0.3) is 0 Å². The van der Waals surface area contributed by atoms with Crippen LogP contribution in [-0.4, -0.2) is 12.9 Å². The lowest BCUT2D eigenvalue weighted by atomic mass is 9.99. The zero-order valence-corrected chi connectivity index (χ0v) is 13.0. The van der Waals surface area contributed by atoms with Gasteiger partial charge in [0.15, 0.2) is 6.29 Å². The first-order valence-corrected chi connectivity index (χ1v) is 7.45. The van der Waals surface area contributed by atoms with Gasteiger partial charge in [0.1, 0.15) is 5.75 Å².